The lowest BCUT2D eigenvalue weighted by molar-refractivity contribution is -0.141. The van der Waals surface area contributed by atoms with Crippen molar-refractivity contribution >= 4 is 5.97 Å². The van der Waals surface area contributed by atoms with Gasteiger partial charge in [-0.05, 0) is 28.8 Å². The third kappa shape index (κ3) is 5.57. The number of carbonyl (C=O) groups is 1. The maximum absolute atomic E-state index is 11.1. The van der Waals surface area contributed by atoms with Gasteiger partial charge in [0, 0.05) is 0 Å². The molecule has 0 heterocycles. The molecule has 150 valence electrons. The highest BCUT2D eigenvalue weighted by molar-refractivity contribution is 5.74. The first kappa shape index (κ1) is 20.4. The van der Waals surface area contributed by atoms with Gasteiger partial charge < -0.3 is 25.4 Å². The number of nitrogens with two attached hydrogens (primary N) is 1. The van der Waals surface area contributed by atoms with Crippen LogP contribution in [0, 0.1) is 0 Å². The fraction of sp³-hybridized carbons (Fsp3) is 0.174. The maximum atomic E-state index is 11.1. The van der Waals surface area contributed by atoms with Crippen molar-refractivity contribution in [2.24, 2.45) is 5.73 Å². The molecule has 0 bridgehead atoms. The predicted octanol–water partition coefficient (Wildman–Crippen LogP) is 3.29. The number of hydrogen-bond donors (Lipinski definition) is 3. The Labute approximate surface area is 169 Å². The maximum Gasteiger partial charge on any atom is 0.323 e. The molecule has 2 atom stereocenters. The lowest BCUT2D eigenvalue weighted by atomic mass is 10.0. The van der Waals surface area contributed by atoms with Crippen LogP contribution in [0.3, 0.4) is 0 Å². The van der Waals surface area contributed by atoms with Crippen LogP contribution in [0.15, 0.2) is 78.9 Å². The largest absolute Gasteiger partial charge is 0.485 e. The Bertz CT molecular complexity index is 931. The Morgan fingerprint density at radius 2 is 1.34 bits per heavy atom. The molecule has 29 heavy (non-hydrogen) atoms. The highest BCUT2D eigenvalue weighted by Crippen LogP contribution is 2.32. The zero-order chi connectivity index (χ0) is 20.6. The van der Waals surface area contributed by atoms with Crippen molar-refractivity contribution in [2.75, 3.05) is 0 Å². The van der Waals surface area contributed by atoms with Crippen molar-refractivity contribution in [3.05, 3.63) is 95.6 Å². The number of hydrogen-bond acceptors (Lipinski definition) is 5. The van der Waals surface area contributed by atoms with Gasteiger partial charge in [0.15, 0.2) is 11.5 Å². The number of benzene rings is 3. The molecule has 0 aliphatic heterocycles. The summed E-state index contributed by atoms with van der Waals surface area (Å²) in [5, 5.41) is 19.3. The second-order valence-electron chi connectivity index (χ2n) is 6.56. The van der Waals surface area contributed by atoms with Crippen molar-refractivity contribution in [2.45, 2.75) is 25.4 Å². The summed E-state index contributed by atoms with van der Waals surface area (Å²) in [5.74, 6) is -0.391. The van der Waals surface area contributed by atoms with Crippen molar-refractivity contribution in [3.63, 3.8) is 0 Å². The molecule has 6 heteroatoms. The van der Waals surface area contributed by atoms with Gasteiger partial charge in [-0.1, -0.05) is 66.7 Å². The van der Waals surface area contributed by atoms with Gasteiger partial charge in [0.05, 0.1) is 0 Å². The van der Waals surface area contributed by atoms with Crippen molar-refractivity contribution in [1.29, 1.82) is 0 Å². The van der Waals surface area contributed by atoms with E-state index in [1.165, 1.54) is 0 Å². The van der Waals surface area contributed by atoms with Crippen molar-refractivity contribution < 1.29 is 24.5 Å². The summed E-state index contributed by atoms with van der Waals surface area (Å²) in [4.78, 5) is 11.1. The summed E-state index contributed by atoms with van der Waals surface area (Å²) in [6.07, 6.45) is -1.37. The van der Waals surface area contributed by atoms with Gasteiger partial charge in [-0.25, -0.2) is 0 Å². The van der Waals surface area contributed by atoms with E-state index in [0.717, 1.165) is 11.1 Å². The summed E-state index contributed by atoms with van der Waals surface area (Å²) in [6, 6.07) is 22.7. The number of aliphatic hydroxyl groups is 1. The first-order chi connectivity index (χ1) is 14.0. The van der Waals surface area contributed by atoms with Crippen LogP contribution in [-0.2, 0) is 18.0 Å². The molecule has 0 saturated carbocycles. The Morgan fingerprint density at radius 3 is 1.86 bits per heavy atom. The quantitative estimate of drug-likeness (QED) is 0.516. The third-order valence-electron chi connectivity index (χ3n) is 4.41. The highest BCUT2D eigenvalue weighted by atomic mass is 16.5. The molecule has 6 nitrogen and oxygen atoms in total. The zero-order valence-corrected chi connectivity index (χ0v) is 15.8. The van der Waals surface area contributed by atoms with Gasteiger partial charge in [0.2, 0.25) is 0 Å². The average Bonchev–Trinajstić information content (AvgIpc) is 2.76. The van der Waals surface area contributed by atoms with E-state index in [1.807, 2.05) is 60.7 Å². The lowest BCUT2D eigenvalue weighted by Gasteiger charge is -2.18. The normalized spacial score (nSPS) is 12.8. The Morgan fingerprint density at radius 1 is 0.828 bits per heavy atom. The zero-order valence-electron chi connectivity index (χ0n) is 15.8. The van der Waals surface area contributed by atoms with Gasteiger partial charge in [0.1, 0.15) is 25.4 Å². The minimum atomic E-state index is -1.44. The summed E-state index contributed by atoms with van der Waals surface area (Å²) < 4.78 is 11.8. The van der Waals surface area contributed by atoms with Crippen LogP contribution in [0.5, 0.6) is 11.5 Å². The van der Waals surface area contributed by atoms with Gasteiger partial charge in [-0.3, -0.25) is 4.79 Å². The van der Waals surface area contributed by atoms with Crippen LogP contribution in [0.25, 0.3) is 0 Å². The van der Waals surface area contributed by atoms with E-state index in [0.29, 0.717) is 30.3 Å². The average molecular weight is 393 g/mol. The molecule has 0 amide bonds. The minimum Gasteiger partial charge on any atom is -0.485 e. The van der Waals surface area contributed by atoms with E-state index >= 15 is 0 Å². The molecule has 0 aliphatic rings. The molecule has 0 aliphatic carbocycles. The molecule has 0 radical (unpaired) electrons. The van der Waals surface area contributed by atoms with Crippen LogP contribution in [-0.4, -0.2) is 22.2 Å². The monoisotopic (exact) mass is 393 g/mol. The molecule has 0 unspecified atom stereocenters. The number of carboxylic acids is 1. The Hall–Kier alpha value is -3.35. The first-order valence-electron chi connectivity index (χ1n) is 9.18. The first-order valence-corrected chi connectivity index (χ1v) is 9.18. The summed E-state index contributed by atoms with van der Waals surface area (Å²) in [5.41, 5.74) is 7.87. The highest BCUT2D eigenvalue weighted by Gasteiger charge is 2.24. The third-order valence-corrected chi connectivity index (χ3v) is 4.41. The van der Waals surface area contributed by atoms with Gasteiger partial charge >= 0.3 is 5.97 Å². The van der Waals surface area contributed by atoms with Crippen molar-refractivity contribution in [1.82, 2.24) is 0 Å². The molecule has 3 rings (SSSR count). The fourth-order valence-electron chi connectivity index (χ4n) is 2.75. The number of rotatable bonds is 9. The molecular formula is C23H23NO5. The molecule has 0 fully saturated rings. The second-order valence-corrected chi connectivity index (χ2v) is 6.56. The van der Waals surface area contributed by atoms with E-state index < -0.39 is 18.1 Å². The van der Waals surface area contributed by atoms with E-state index in [4.69, 9.17) is 20.3 Å². The van der Waals surface area contributed by atoms with E-state index in [1.54, 1.807) is 18.2 Å². The topological polar surface area (TPSA) is 102 Å². The molecular weight excluding hydrogens is 370 g/mol. The van der Waals surface area contributed by atoms with E-state index in [-0.39, 0.29) is 0 Å². The SMILES string of the molecule is N[C@H](C(=O)O)[C@H](O)c1ccc(OCc2ccccc2)c(OCc2ccccc2)c1. The van der Waals surface area contributed by atoms with Crippen LogP contribution in [0.4, 0.5) is 0 Å². The summed E-state index contributed by atoms with van der Waals surface area (Å²) in [6.45, 7) is 0.645. The van der Waals surface area contributed by atoms with Crippen LogP contribution >= 0.6 is 0 Å². The van der Waals surface area contributed by atoms with Crippen LogP contribution < -0.4 is 15.2 Å². The summed E-state index contributed by atoms with van der Waals surface area (Å²) in [7, 11) is 0. The fourth-order valence-corrected chi connectivity index (χ4v) is 2.75. The van der Waals surface area contributed by atoms with Crippen LogP contribution in [0.1, 0.15) is 22.8 Å². The van der Waals surface area contributed by atoms with Gasteiger partial charge in [0.25, 0.3) is 0 Å². The van der Waals surface area contributed by atoms with E-state index in [2.05, 4.69) is 0 Å². The summed E-state index contributed by atoms with van der Waals surface area (Å²) >= 11 is 0. The number of carboxylic acid groups (broad SMARTS) is 1. The molecule has 3 aromatic carbocycles. The number of ether oxygens (including phenoxy) is 2. The van der Waals surface area contributed by atoms with E-state index in [9.17, 15) is 9.90 Å². The Kier molecular flexibility index (Phi) is 6.84. The standard InChI is InChI=1S/C23H23NO5/c24-21(23(26)27)22(25)18-11-12-19(28-14-16-7-3-1-4-8-16)20(13-18)29-15-17-9-5-2-6-10-17/h1-13,21-22,25H,14-15,24H2,(H,26,27)/t21-,22+/m0/s1. The van der Waals surface area contributed by atoms with Crippen molar-refractivity contribution in [3.8, 4) is 11.5 Å². The molecule has 3 aromatic rings. The predicted molar refractivity (Wildman–Crippen MR) is 109 cm³/mol. The molecule has 0 spiro atoms. The smallest absolute Gasteiger partial charge is 0.323 e. The number of aliphatic hydroxyl groups excluding tert-OH is 1. The van der Waals surface area contributed by atoms with Crippen LogP contribution in [0.2, 0.25) is 0 Å². The van der Waals surface area contributed by atoms with Gasteiger partial charge in [-0.15, -0.1) is 0 Å². The molecule has 4 N–H and O–H groups in total. The molecule has 0 aromatic heterocycles. The van der Waals surface area contributed by atoms with Gasteiger partial charge in [-0.2, -0.15) is 0 Å². The molecule has 0 saturated heterocycles. The number of aliphatic carboxylic acids is 1. The second kappa shape index (κ2) is 9.73. The lowest BCUT2D eigenvalue weighted by Crippen LogP contribution is -2.36. The minimum absolute atomic E-state index is 0.299. The Balaban J connectivity index is 1.82.